The van der Waals surface area contributed by atoms with Gasteiger partial charge in [-0.25, -0.2) is 17.9 Å². The van der Waals surface area contributed by atoms with Gasteiger partial charge in [-0.15, -0.1) is 0 Å². The summed E-state index contributed by atoms with van der Waals surface area (Å²) in [4.78, 5) is 26.5. The smallest absolute Gasteiger partial charge is 0.326 e. The van der Waals surface area contributed by atoms with Gasteiger partial charge in [0.05, 0.1) is 4.90 Å². The quantitative estimate of drug-likeness (QED) is 0.469. The average molecular weight is 457 g/mol. The monoisotopic (exact) mass is 456 g/mol. The summed E-state index contributed by atoms with van der Waals surface area (Å²) in [6, 6.07) is 11.3. The van der Waals surface area contributed by atoms with Gasteiger partial charge >= 0.3 is 14.3 Å². The van der Waals surface area contributed by atoms with Crippen molar-refractivity contribution in [3.05, 3.63) is 59.2 Å². The maximum Gasteiger partial charge on any atom is 0.333 e. The second kappa shape index (κ2) is 12.5. The lowest BCUT2D eigenvalue weighted by Gasteiger charge is -2.13. The number of carbonyl (C=O) groups excluding carboxylic acids is 1. The molecule has 0 aromatic heterocycles. The number of anilines is 1. The molecule has 30 heavy (non-hydrogen) atoms. The SMILES string of the molecule is CCCc1ccc(NC(=O)NS(=O)(=O)c2ccc(C)cc2)cc1CCC.O=[PH](O)O. The van der Waals surface area contributed by atoms with Crippen LogP contribution in [0.25, 0.3) is 0 Å². The summed E-state index contributed by atoms with van der Waals surface area (Å²) >= 11 is 0. The lowest BCUT2D eigenvalue weighted by atomic mass is 9.99. The molecular formula is C20H29N2O6PS. The minimum absolute atomic E-state index is 0.0585. The van der Waals surface area contributed by atoms with E-state index in [0.717, 1.165) is 31.2 Å². The first-order chi connectivity index (χ1) is 14.1. The fourth-order valence-electron chi connectivity index (χ4n) is 2.77. The molecule has 0 radical (unpaired) electrons. The van der Waals surface area contributed by atoms with Crippen molar-refractivity contribution in [3.8, 4) is 0 Å². The average Bonchev–Trinajstić information content (AvgIpc) is 2.63. The van der Waals surface area contributed by atoms with E-state index in [-0.39, 0.29) is 4.90 Å². The van der Waals surface area contributed by atoms with Crippen molar-refractivity contribution in [3.63, 3.8) is 0 Å². The highest BCUT2D eigenvalue weighted by Gasteiger charge is 2.17. The van der Waals surface area contributed by atoms with Crippen LogP contribution in [0.5, 0.6) is 0 Å². The maximum absolute atomic E-state index is 12.3. The number of urea groups is 1. The molecule has 0 fully saturated rings. The summed E-state index contributed by atoms with van der Waals surface area (Å²) in [7, 11) is -7.03. The highest BCUT2D eigenvalue weighted by Crippen LogP contribution is 2.19. The van der Waals surface area contributed by atoms with Gasteiger partial charge in [0.15, 0.2) is 0 Å². The molecule has 2 rings (SSSR count). The summed E-state index contributed by atoms with van der Waals surface area (Å²) in [6.07, 6.45) is 3.98. The molecule has 2 aromatic carbocycles. The van der Waals surface area contributed by atoms with Crippen LogP contribution in [-0.2, 0) is 27.4 Å². The zero-order valence-corrected chi connectivity index (χ0v) is 19.1. The third-order valence-electron chi connectivity index (χ3n) is 4.06. The van der Waals surface area contributed by atoms with E-state index < -0.39 is 24.3 Å². The molecule has 0 saturated carbocycles. The Morgan fingerprint density at radius 3 is 2.03 bits per heavy atom. The molecule has 10 heteroatoms. The predicted octanol–water partition coefficient (Wildman–Crippen LogP) is 3.77. The van der Waals surface area contributed by atoms with Gasteiger partial charge in [-0.1, -0.05) is 50.5 Å². The van der Waals surface area contributed by atoms with Crippen LogP contribution in [0.2, 0.25) is 0 Å². The van der Waals surface area contributed by atoms with Crippen molar-refractivity contribution in [2.75, 3.05) is 5.32 Å². The fourth-order valence-corrected chi connectivity index (χ4v) is 3.68. The van der Waals surface area contributed by atoms with E-state index in [2.05, 4.69) is 23.9 Å². The molecule has 166 valence electrons. The summed E-state index contributed by atoms with van der Waals surface area (Å²) in [6.45, 7) is 6.11. The second-order valence-electron chi connectivity index (χ2n) is 6.64. The first-order valence-corrected chi connectivity index (χ1v) is 12.3. The van der Waals surface area contributed by atoms with Gasteiger partial charge in [-0.3, -0.25) is 4.57 Å². The van der Waals surface area contributed by atoms with Crippen LogP contribution < -0.4 is 10.0 Å². The van der Waals surface area contributed by atoms with E-state index in [4.69, 9.17) is 14.4 Å². The molecule has 0 aliphatic rings. The molecule has 2 amide bonds. The zero-order valence-electron chi connectivity index (χ0n) is 17.3. The largest absolute Gasteiger partial charge is 0.333 e. The standard InChI is InChI=1S/C20H26N2O3S.H3O3P/c1-4-6-16-10-11-18(14-17(16)7-5-2)21-20(23)22-26(24,25)19-12-8-15(3)9-13-19;1-4(2)3/h8-14H,4-7H2,1-3H3,(H2,21,22,23);4H,(H2,1,2,3). The Labute approximate surface area is 178 Å². The number of nitrogens with one attached hydrogen (secondary N) is 2. The Kier molecular flexibility index (Phi) is 10.8. The summed E-state index contributed by atoms with van der Waals surface area (Å²) in [5, 5.41) is 2.62. The van der Waals surface area contributed by atoms with E-state index in [0.29, 0.717) is 5.69 Å². The van der Waals surface area contributed by atoms with Crippen LogP contribution in [-0.4, -0.2) is 24.2 Å². The molecule has 4 N–H and O–H groups in total. The molecule has 2 aromatic rings. The fraction of sp³-hybridized carbons (Fsp3) is 0.350. The van der Waals surface area contributed by atoms with Crippen LogP contribution in [0.3, 0.4) is 0 Å². The van der Waals surface area contributed by atoms with Crippen molar-refractivity contribution in [1.82, 2.24) is 4.72 Å². The maximum atomic E-state index is 12.3. The normalized spacial score (nSPS) is 10.9. The molecular weight excluding hydrogens is 427 g/mol. The third-order valence-corrected chi connectivity index (χ3v) is 5.41. The van der Waals surface area contributed by atoms with Gasteiger partial charge < -0.3 is 15.1 Å². The third kappa shape index (κ3) is 9.09. The van der Waals surface area contributed by atoms with Crippen LogP contribution in [0.1, 0.15) is 43.4 Å². The van der Waals surface area contributed by atoms with Crippen LogP contribution >= 0.6 is 8.25 Å². The van der Waals surface area contributed by atoms with Gasteiger partial charge in [0, 0.05) is 5.69 Å². The topological polar surface area (TPSA) is 133 Å². The highest BCUT2D eigenvalue weighted by molar-refractivity contribution is 7.90. The lowest BCUT2D eigenvalue weighted by Crippen LogP contribution is -2.34. The number of benzene rings is 2. The number of carbonyl (C=O) groups is 1. The Bertz CT molecular complexity index is 958. The lowest BCUT2D eigenvalue weighted by molar-refractivity contribution is 0.256. The Morgan fingerprint density at radius 2 is 1.50 bits per heavy atom. The molecule has 0 bridgehead atoms. The highest BCUT2D eigenvalue weighted by atomic mass is 32.2. The zero-order chi connectivity index (χ0) is 22.7. The van der Waals surface area contributed by atoms with Crippen LogP contribution in [0.15, 0.2) is 47.4 Å². The van der Waals surface area contributed by atoms with E-state index in [1.807, 2.05) is 25.1 Å². The Hall–Kier alpha value is -2.19. The number of sulfonamides is 1. The van der Waals surface area contributed by atoms with Gasteiger partial charge in [0.25, 0.3) is 10.0 Å². The van der Waals surface area contributed by atoms with E-state index in [1.54, 1.807) is 12.1 Å². The summed E-state index contributed by atoms with van der Waals surface area (Å²) in [5.41, 5.74) is 4.00. The van der Waals surface area contributed by atoms with Crippen LogP contribution in [0.4, 0.5) is 10.5 Å². The molecule has 0 aliphatic carbocycles. The van der Waals surface area contributed by atoms with Crippen molar-refractivity contribution < 1.29 is 27.6 Å². The second-order valence-corrected chi connectivity index (χ2v) is 8.89. The number of rotatable bonds is 7. The molecule has 8 nitrogen and oxygen atoms in total. The van der Waals surface area contributed by atoms with Gasteiger partial charge in [-0.05, 0) is 55.2 Å². The Balaban J connectivity index is 0.00000103. The van der Waals surface area contributed by atoms with Crippen LogP contribution in [0, 0.1) is 6.92 Å². The minimum Gasteiger partial charge on any atom is -0.326 e. The van der Waals surface area contributed by atoms with Crippen molar-refractivity contribution >= 4 is 30.0 Å². The van der Waals surface area contributed by atoms with E-state index in [1.165, 1.54) is 23.3 Å². The summed E-state index contributed by atoms with van der Waals surface area (Å²) in [5.74, 6) is 0. The van der Waals surface area contributed by atoms with Gasteiger partial charge in [0.1, 0.15) is 0 Å². The van der Waals surface area contributed by atoms with Gasteiger partial charge in [0.2, 0.25) is 0 Å². The molecule has 0 atom stereocenters. The number of amides is 2. The van der Waals surface area contributed by atoms with Crippen molar-refractivity contribution in [2.24, 2.45) is 0 Å². The first-order valence-electron chi connectivity index (χ1n) is 9.53. The van der Waals surface area contributed by atoms with Gasteiger partial charge in [-0.2, -0.15) is 0 Å². The summed E-state index contributed by atoms with van der Waals surface area (Å²) < 4.78 is 35.4. The first kappa shape index (κ1) is 25.8. The molecule has 0 heterocycles. The van der Waals surface area contributed by atoms with Crippen molar-refractivity contribution in [2.45, 2.75) is 51.3 Å². The van der Waals surface area contributed by atoms with E-state index >= 15 is 0 Å². The molecule has 0 unspecified atom stereocenters. The molecule has 0 saturated heterocycles. The number of hydrogen-bond acceptors (Lipinski definition) is 4. The molecule has 0 aliphatic heterocycles. The molecule has 0 spiro atoms. The number of aryl methyl sites for hydroxylation is 3. The van der Waals surface area contributed by atoms with E-state index in [9.17, 15) is 13.2 Å². The Morgan fingerprint density at radius 1 is 0.967 bits per heavy atom. The van der Waals surface area contributed by atoms with Crippen molar-refractivity contribution in [1.29, 1.82) is 0 Å². The predicted molar refractivity (Wildman–Crippen MR) is 118 cm³/mol. The number of hydrogen-bond donors (Lipinski definition) is 4. The minimum atomic E-state index is -3.90.